The summed E-state index contributed by atoms with van der Waals surface area (Å²) in [6.07, 6.45) is 3.92. The van der Waals surface area contributed by atoms with E-state index in [1.54, 1.807) is 12.2 Å². The summed E-state index contributed by atoms with van der Waals surface area (Å²) in [7, 11) is 0. The van der Waals surface area contributed by atoms with Crippen LogP contribution >= 0.6 is 0 Å². The van der Waals surface area contributed by atoms with Crippen LogP contribution in [0, 0.1) is 0 Å². The molecule has 1 aromatic heterocycles. The Hall–Kier alpha value is -3.46. The highest BCUT2D eigenvalue weighted by molar-refractivity contribution is 6.12. The summed E-state index contributed by atoms with van der Waals surface area (Å²) in [5.41, 5.74) is 4.81. The topological polar surface area (TPSA) is 30.2 Å². The quantitative estimate of drug-likeness (QED) is 0.379. The summed E-state index contributed by atoms with van der Waals surface area (Å²) in [4.78, 5) is 12.6. The normalized spacial score (nSPS) is 16.5. The number of allylic oxidation sites excluding steroid dienone is 4. The third-order valence-corrected chi connectivity index (χ3v) is 5.17. The number of ketones is 1. The molecule has 0 spiro atoms. The fraction of sp³-hybridized carbons (Fsp3) is 0.0800. The zero-order chi connectivity index (χ0) is 19.1. The molecule has 0 N–H and O–H groups in total. The van der Waals surface area contributed by atoms with Gasteiger partial charge in [0.2, 0.25) is 0 Å². The third kappa shape index (κ3) is 2.76. The number of hydrogen-bond donors (Lipinski definition) is 0. The van der Waals surface area contributed by atoms with Crippen molar-refractivity contribution in [1.82, 2.24) is 0 Å². The second-order valence-electron chi connectivity index (χ2n) is 6.96. The molecule has 3 heteroatoms. The Morgan fingerprint density at radius 2 is 1.71 bits per heavy atom. The van der Waals surface area contributed by atoms with Gasteiger partial charge in [-0.2, -0.15) is 0 Å². The number of carbonyl (C=O) groups is 1. The van der Waals surface area contributed by atoms with Crippen LogP contribution < -0.4 is 0 Å². The number of alkyl halides is 1. The zero-order valence-electron chi connectivity index (χ0n) is 15.1. The maximum absolute atomic E-state index is 13.2. The van der Waals surface area contributed by atoms with Gasteiger partial charge in [0.15, 0.2) is 5.78 Å². The Morgan fingerprint density at radius 3 is 2.50 bits per heavy atom. The van der Waals surface area contributed by atoms with Gasteiger partial charge < -0.3 is 4.42 Å². The predicted molar refractivity (Wildman–Crippen MR) is 110 cm³/mol. The van der Waals surface area contributed by atoms with Crippen molar-refractivity contribution < 1.29 is 13.6 Å². The van der Waals surface area contributed by atoms with Crippen molar-refractivity contribution in [2.75, 3.05) is 0 Å². The molecule has 5 rings (SSSR count). The molecule has 136 valence electrons. The van der Waals surface area contributed by atoms with Gasteiger partial charge in [0.25, 0.3) is 0 Å². The lowest BCUT2D eigenvalue weighted by molar-refractivity contribution is 0.103. The lowest BCUT2D eigenvalue weighted by atomic mass is 9.95. The molecule has 1 heterocycles. The summed E-state index contributed by atoms with van der Waals surface area (Å²) < 4.78 is 19.3. The number of benzene rings is 3. The van der Waals surface area contributed by atoms with Crippen molar-refractivity contribution in [3.05, 3.63) is 96.1 Å². The van der Waals surface area contributed by atoms with Crippen LogP contribution in [0.3, 0.4) is 0 Å². The van der Waals surface area contributed by atoms with Gasteiger partial charge >= 0.3 is 0 Å². The summed E-state index contributed by atoms with van der Waals surface area (Å²) >= 11 is 0. The molecule has 0 bridgehead atoms. The monoisotopic (exact) mass is 368 g/mol. The van der Waals surface area contributed by atoms with Crippen LogP contribution in [0.1, 0.15) is 16.8 Å². The largest absolute Gasteiger partial charge is 0.455 e. The molecule has 0 radical (unpaired) electrons. The summed E-state index contributed by atoms with van der Waals surface area (Å²) in [6.45, 7) is 0. The van der Waals surface area contributed by atoms with E-state index in [2.05, 4.69) is 12.1 Å². The van der Waals surface area contributed by atoms with Crippen molar-refractivity contribution in [3.8, 4) is 11.1 Å². The first-order valence-electron chi connectivity index (χ1n) is 9.28. The Labute approximate surface area is 161 Å². The van der Waals surface area contributed by atoms with Crippen LogP contribution in [0.2, 0.25) is 0 Å². The maximum atomic E-state index is 13.2. The number of Topliss-reactive ketones (excluding diaryl/α,β-unsaturated/α-hetero) is 1. The molecule has 0 aliphatic heterocycles. The van der Waals surface area contributed by atoms with Gasteiger partial charge in [0, 0.05) is 33.9 Å². The van der Waals surface area contributed by atoms with Crippen molar-refractivity contribution in [3.63, 3.8) is 0 Å². The molecule has 2 nitrogen and oxygen atoms in total. The van der Waals surface area contributed by atoms with E-state index >= 15 is 0 Å². The molecule has 0 saturated carbocycles. The molecule has 28 heavy (non-hydrogen) atoms. The van der Waals surface area contributed by atoms with Gasteiger partial charge in [-0.1, -0.05) is 72.8 Å². The standard InChI is InChI=1S/C25H17FO2/c26-19-14-12-18(13-15-19)24(27)17-10-8-16(9-11-17)20-5-3-6-22-21-4-1-2-7-23(21)28-25(20)22/h1-14,19H,15H2. The lowest BCUT2D eigenvalue weighted by Gasteiger charge is -2.09. The first-order chi connectivity index (χ1) is 13.7. The van der Waals surface area contributed by atoms with E-state index in [1.807, 2.05) is 54.6 Å². The van der Waals surface area contributed by atoms with E-state index in [4.69, 9.17) is 4.42 Å². The highest BCUT2D eigenvalue weighted by atomic mass is 19.1. The molecule has 1 aliphatic rings. The van der Waals surface area contributed by atoms with Gasteiger partial charge in [0.05, 0.1) is 0 Å². The van der Waals surface area contributed by atoms with E-state index in [-0.39, 0.29) is 12.2 Å². The van der Waals surface area contributed by atoms with E-state index in [0.717, 1.165) is 33.1 Å². The zero-order valence-corrected chi connectivity index (χ0v) is 15.1. The minimum absolute atomic E-state index is 0.0864. The summed E-state index contributed by atoms with van der Waals surface area (Å²) in [6, 6.07) is 21.6. The number of fused-ring (bicyclic) bond motifs is 3. The third-order valence-electron chi connectivity index (χ3n) is 5.17. The molecule has 1 unspecified atom stereocenters. The predicted octanol–water partition coefficient (Wildman–Crippen LogP) is 6.66. The molecule has 1 aliphatic carbocycles. The molecule has 0 saturated heterocycles. The minimum atomic E-state index is -0.997. The summed E-state index contributed by atoms with van der Waals surface area (Å²) in [5.74, 6) is -0.0864. The van der Waals surface area contributed by atoms with Gasteiger partial charge in [-0.25, -0.2) is 4.39 Å². The fourth-order valence-electron chi connectivity index (χ4n) is 3.70. The van der Waals surface area contributed by atoms with E-state index in [1.165, 1.54) is 6.08 Å². The molecule has 1 atom stereocenters. The number of para-hydroxylation sites is 2. The smallest absolute Gasteiger partial charge is 0.192 e. The Bertz CT molecular complexity index is 1260. The molecule has 3 aromatic carbocycles. The second-order valence-corrected chi connectivity index (χ2v) is 6.96. The minimum Gasteiger partial charge on any atom is -0.455 e. The van der Waals surface area contributed by atoms with Gasteiger partial charge in [-0.05, 0) is 17.7 Å². The van der Waals surface area contributed by atoms with Crippen LogP contribution in [0.5, 0.6) is 0 Å². The Morgan fingerprint density at radius 1 is 0.929 bits per heavy atom. The highest BCUT2D eigenvalue weighted by Gasteiger charge is 2.16. The average Bonchev–Trinajstić information content (AvgIpc) is 3.13. The number of hydrogen-bond acceptors (Lipinski definition) is 2. The van der Waals surface area contributed by atoms with E-state index in [9.17, 15) is 9.18 Å². The van der Waals surface area contributed by atoms with Crippen LogP contribution in [-0.4, -0.2) is 12.0 Å². The second kappa shape index (κ2) is 6.61. The first kappa shape index (κ1) is 16.7. The first-order valence-corrected chi connectivity index (χ1v) is 9.28. The van der Waals surface area contributed by atoms with Crippen molar-refractivity contribution in [2.45, 2.75) is 12.6 Å². The number of carbonyl (C=O) groups excluding carboxylic acids is 1. The van der Waals surface area contributed by atoms with E-state index < -0.39 is 6.17 Å². The van der Waals surface area contributed by atoms with Crippen LogP contribution in [0.25, 0.3) is 33.1 Å². The van der Waals surface area contributed by atoms with Gasteiger partial charge in [0.1, 0.15) is 17.3 Å². The maximum Gasteiger partial charge on any atom is 0.192 e. The number of rotatable bonds is 3. The number of halogens is 1. The molecule has 0 fully saturated rings. The number of furan rings is 1. The van der Waals surface area contributed by atoms with Crippen molar-refractivity contribution in [2.24, 2.45) is 0 Å². The Kier molecular flexibility index (Phi) is 3.94. The molecular weight excluding hydrogens is 351 g/mol. The van der Waals surface area contributed by atoms with Crippen molar-refractivity contribution in [1.29, 1.82) is 0 Å². The van der Waals surface area contributed by atoms with Crippen LogP contribution in [0.4, 0.5) is 4.39 Å². The van der Waals surface area contributed by atoms with Gasteiger partial charge in [-0.3, -0.25) is 4.79 Å². The van der Waals surface area contributed by atoms with Gasteiger partial charge in [-0.15, -0.1) is 0 Å². The van der Waals surface area contributed by atoms with Crippen LogP contribution in [-0.2, 0) is 0 Å². The van der Waals surface area contributed by atoms with Crippen molar-refractivity contribution >= 4 is 27.7 Å². The SMILES string of the molecule is O=C(C1=CCC(F)C=C1)c1ccc(-c2cccc3c2oc2ccccc23)cc1. The lowest BCUT2D eigenvalue weighted by Crippen LogP contribution is -2.07. The molecule has 4 aromatic rings. The fourth-order valence-corrected chi connectivity index (χ4v) is 3.70. The molecule has 0 amide bonds. The molecular formula is C25H17FO2. The van der Waals surface area contributed by atoms with E-state index in [0.29, 0.717) is 11.1 Å². The van der Waals surface area contributed by atoms with Crippen LogP contribution in [0.15, 0.2) is 94.9 Å². The highest BCUT2D eigenvalue weighted by Crippen LogP contribution is 2.35. The Balaban J connectivity index is 1.53. The summed E-state index contributed by atoms with van der Waals surface area (Å²) in [5, 5.41) is 2.17. The average molecular weight is 368 g/mol.